The van der Waals surface area contributed by atoms with Crippen LogP contribution in [0, 0.1) is 0 Å². The molecule has 1 rings (SSSR count). The van der Waals surface area contributed by atoms with Crippen LogP contribution in [0.15, 0.2) is 6.33 Å². The van der Waals surface area contributed by atoms with Crippen molar-refractivity contribution in [3.8, 4) is 0 Å². The van der Waals surface area contributed by atoms with Crippen molar-refractivity contribution in [2.75, 3.05) is 0 Å². The number of nitrogens with one attached hydrogen (secondary N) is 1. The van der Waals surface area contributed by atoms with Crippen LogP contribution in [0.25, 0.3) is 0 Å². The zero-order chi connectivity index (χ0) is 3.54. The van der Waals surface area contributed by atoms with E-state index in [1.807, 2.05) is 0 Å². The number of halogens is 1. The molecule has 1 aromatic rings. The maximum absolute atomic E-state index is 3.31. The molecule has 1 aromatic heterocycles. The molecule has 5 nitrogen and oxygen atoms in total. The highest BCUT2D eigenvalue weighted by molar-refractivity contribution is 8.93. The molecule has 6 heteroatoms. The van der Waals surface area contributed by atoms with Gasteiger partial charge in [-0.1, -0.05) is 0 Å². The summed E-state index contributed by atoms with van der Waals surface area (Å²) in [4.78, 5) is 0. The Labute approximate surface area is 50.9 Å². The van der Waals surface area contributed by atoms with Gasteiger partial charge in [0.15, 0.2) is 0 Å². The van der Waals surface area contributed by atoms with Crippen LogP contribution in [0.5, 0.6) is 0 Å². The Morgan fingerprint density at radius 3 is 2.29 bits per heavy atom. The van der Waals surface area contributed by atoms with E-state index in [1.54, 1.807) is 0 Å². The number of aromatic nitrogens is 4. The van der Waals surface area contributed by atoms with Gasteiger partial charge in [0.1, 0.15) is 6.33 Å². The number of hydrogen-bond acceptors (Lipinski definition) is 4. The summed E-state index contributed by atoms with van der Waals surface area (Å²) in [5, 5.41) is 12.1. The average molecular weight is 168 g/mol. The van der Waals surface area contributed by atoms with Gasteiger partial charge in [-0.3, -0.25) is 0 Å². The van der Waals surface area contributed by atoms with Gasteiger partial charge in [-0.15, -0.1) is 22.1 Å². The fraction of sp³-hybridized carbons (Fsp3) is 0. The summed E-state index contributed by atoms with van der Waals surface area (Å²) in [6.07, 6.45) is 1.40. The third-order valence-corrected chi connectivity index (χ3v) is 0.270. The van der Waals surface area contributed by atoms with Crippen molar-refractivity contribution in [3.63, 3.8) is 0 Å². The fourth-order valence-corrected chi connectivity index (χ4v) is 0.129. The maximum Gasteiger partial charge on any atom is 0.135 e. The zero-order valence-corrected chi connectivity index (χ0v) is 5.25. The van der Waals surface area contributed by atoms with E-state index in [9.17, 15) is 0 Å². The molecule has 0 radical (unpaired) electrons. The molecule has 0 spiro atoms. The molecular formula is CH6BrN5. The van der Waals surface area contributed by atoms with Gasteiger partial charge in [0.2, 0.25) is 0 Å². The second-order valence-electron chi connectivity index (χ2n) is 0.563. The van der Waals surface area contributed by atoms with E-state index in [-0.39, 0.29) is 23.1 Å². The van der Waals surface area contributed by atoms with Crippen molar-refractivity contribution in [1.82, 2.24) is 26.8 Å². The highest BCUT2D eigenvalue weighted by atomic mass is 79.9. The first-order valence-corrected chi connectivity index (χ1v) is 1.17. The van der Waals surface area contributed by atoms with Gasteiger partial charge in [-0.05, 0) is 10.4 Å². The van der Waals surface area contributed by atoms with Gasteiger partial charge in [0, 0.05) is 0 Å². The fourth-order valence-electron chi connectivity index (χ4n) is 0.129. The summed E-state index contributed by atoms with van der Waals surface area (Å²) >= 11 is 0. The predicted octanol–water partition coefficient (Wildman–Crippen LogP) is -0.0604. The molecule has 0 unspecified atom stereocenters. The Hall–Kier alpha value is -0.490. The molecule has 0 saturated heterocycles. The molecule has 0 saturated carbocycles. The standard InChI is InChI=1S/CH2N4.BrH.H3N/c1-2-4-5-3-1;;/h1H,(H,2,3,4,5);1H;1H3. The molecule has 0 aliphatic rings. The van der Waals surface area contributed by atoms with Gasteiger partial charge < -0.3 is 6.15 Å². The number of tetrazole rings is 1. The van der Waals surface area contributed by atoms with Gasteiger partial charge >= 0.3 is 0 Å². The van der Waals surface area contributed by atoms with Crippen LogP contribution in [-0.4, -0.2) is 20.6 Å². The molecule has 0 fully saturated rings. The molecule has 42 valence electrons. The predicted molar refractivity (Wildman–Crippen MR) is 29.5 cm³/mol. The molecule has 0 amide bonds. The Morgan fingerprint density at radius 2 is 2.14 bits per heavy atom. The Kier molecular flexibility index (Phi) is 7.65. The SMILES string of the molecule is Br.N.c1nnn[nH]1. The summed E-state index contributed by atoms with van der Waals surface area (Å²) in [6.45, 7) is 0. The molecule has 4 N–H and O–H groups in total. The number of aromatic amines is 1. The van der Waals surface area contributed by atoms with E-state index in [2.05, 4.69) is 20.6 Å². The van der Waals surface area contributed by atoms with Gasteiger partial charge in [-0.25, -0.2) is 5.10 Å². The van der Waals surface area contributed by atoms with Crippen molar-refractivity contribution in [2.24, 2.45) is 0 Å². The lowest BCUT2D eigenvalue weighted by Gasteiger charge is -1.42. The third kappa shape index (κ3) is 3.34. The van der Waals surface area contributed by atoms with Gasteiger partial charge in [-0.2, -0.15) is 0 Å². The Bertz CT molecular complexity index is 64.6. The third-order valence-electron chi connectivity index (χ3n) is 0.270. The normalized spacial score (nSPS) is 5.71. The molecule has 0 aliphatic carbocycles. The molecule has 0 aromatic carbocycles. The van der Waals surface area contributed by atoms with E-state index < -0.39 is 0 Å². The lowest BCUT2D eigenvalue weighted by atomic mass is 11.4. The van der Waals surface area contributed by atoms with Crippen LogP contribution < -0.4 is 6.15 Å². The molecule has 1 heterocycles. The Balaban J connectivity index is 0. The van der Waals surface area contributed by atoms with E-state index in [0.717, 1.165) is 0 Å². The summed E-state index contributed by atoms with van der Waals surface area (Å²) in [5.74, 6) is 0. The first-order chi connectivity index (χ1) is 2.50. The monoisotopic (exact) mass is 167 g/mol. The summed E-state index contributed by atoms with van der Waals surface area (Å²) < 4.78 is 0. The van der Waals surface area contributed by atoms with Crippen LogP contribution in [0.2, 0.25) is 0 Å². The second-order valence-corrected chi connectivity index (χ2v) is 0.563. The molecule has 0 aliphatic heterocycles. The summed E-state index contributed by atoms with van der Waals surface area (Å²) in [7, 11) is 0. The van der Waals surface area contributed by atoms with Crippen molar-refractivity contribution < 1.29 is 0 Å². The van der Waals surface area contributed by atoms with Crippen LogP contribution in [0.4, 0.5) is 0 Å². The molecular weight excluding hydrogens is 162 g/mol. The van der Waals surface area contributed by atoms with Crippen LogP contribution >= 0.6 is 17.0 Å². The first-order valence-electron chi connectivity index (χ1n) is 1.17. The minimum Gasteiger partial charge on any atom is -0.344 e. The summed E-state index contributed by atoms with van der Waals surface area (Å²) in [5.41, 5.74) is 0. The average Bonchev–Trinajstić information content (AvgIpc) is 1.76. The quantitative estimate of drug-likeness (QED) is 0.567. The van der Waals surface area contributed by atoms with Crippen LogP contribution in [0.1, 0.15) is 0 Å². The van der Waals surface area contributed by atoms with Gasteiger partial charge in [0.05, 0.1) is 0 Å². The summed E-state index contributed by atoms with van der Waals surface area (Å²) in [6, 6.07) is 0. The molecule has 0 atom stereocenters. The largest absolute Gasteiger partial charge is 0.344 e. The second kappa shape index (κ2) is 5.51. The van der Waals surface area contributed by atoms with Crippen molar-refractivity contribution >= 4 is 17.0 Å². The highest BCUT2D eigenvalue weighted by Crippen LogP contribution is 1.43. The minimum atomic E-state index is 0. The van der Waals surface area contributed by atoms with E-state index in [4.69, 9.17) is 0 Å². The van der Waals surface area contributed by atoms with E-state index >= 15 is 0 Å². The lowest BCUT2D eigenvalue weighted by molar-refractivity contribution is 0.881. The number of hydrogen-bond donors (Lipinski definition) is 2. The molecule has 7 heavy (non-hydrogen) atoms. The topological polar surface area (TPSA) is 89.5 Å². The van der Waals surface area contributed by atoms with Gasteiger partial charge in [0.25, 0.3) is 0 Å². The molecule has 0 bridgehead atoms. The van der Waals surface area contributed by atoms with E-state index in [0.29, 0.717) is 0 Å². The zero-order valence-electron chi connectivity index (χ0n) is 3.53. The lowest BCUT2D eigenvalue weighted by Crippen LogP contribution is -1.64. The van der Waals surface area contributed by atoms with Crippen molar-refractivity contribution in [3.05, 3.63) is 6.33 Å². The highest BCUT2D eigenvalue weighted by Gasteiger charge is 1.58. The number of rotatable bonds is 0. The number of nitrogens with zero attached hydrogens (tertiary/aromatic N) is 3. The van der Waals surface area contributed by atoms with Crippen molar-refractivity contribution in [1.29, 1.82) is 0 Å². The van der Waals surface area contributed by atoms with Crippen LogP contribution in [-0.2, 0) is 0 Å². The van der Waals surface area contributed by atoms with E-state index in [1.165, 1.54) is 6.33 Å². The smallest absolute Gasteiger partial charge is 0.135 e. The first kappa shape index (κ1) is 9.72. The maximum atomic E-state index is 3.31. The van der Waals surface area contributed by atoms with Crippen LogP contribution in [0.3, 0.4) is 0 Å². The number of H-pyrrole nitrogens is 1. The Morgan fingerprint density at radius 1 is 1.43 bits per heavy atom. The minimum absolute atomic E-state index is 0. The van der Waals surface area contributed by atoms with Crippen molar-refractivity contribution in [2.45, 2.75) is 0 Å².